The number of hydrogen-bond donors (Lipinski definition) is 3. The number of amides is 1. The molecule has 12 heteroatoms. The van der Waals surface area contributed by atoms with Crippen molar-refractivity contribution in [1.29, 1.82) is 5.26 Å². The fourth-order valence-electron chi connectivity index (χ4n) is 3.93. The number of carbonyl (C=O) groups excluding carboxylic acids is 1. The Bertz CT molecular complexity index is 1730. The molecule has 0 spiro atoms. The highest BCUT2D eigenvalue weighted by Crippen LogP contribution is 2.29. The summed E-state index contributed by atoms with van der Waals surface area (Å²) in [5.41, 5.74) is 2.64. The summed E-state index contributed by atoms with van der Waals surface area (Å²) < 4.78 is 21.4. The van der Waals surface area contributed by atoms with Crippen LogP contribution in [0.25, 0.3) is 28.4 Å². The number of nitrogens with one attached hydrogen (secondary N) is 2. The van der Waals surface area contributed by atoms with E-state index in [1.165, 1.54) is 26.2 Å². The van der Waals surface area contributed by atoms with Crippen LogP contribution in [0.15, 0.2) is 65.3 Å². The summed E-state index contributed by atoms with van der Waals surface area (Å²) in [6.45, 7) is 4.00. The smallest absolute Gasteiger partial charge is 0.255 e. The minimum Gasteiger partial charge on any atom is -0.421 e. The van der Waals surface area contributed by atoms with Crippen LogP contribution in [0.4, 0.5) is 15.8 Å². The number of benzene rings is 1. The standard InChI is InChI=1S/C28H25FN8O3/c1-16-35-36-27(40-16)18-4-6-19(7-5-18)34-22-11-23(24-9-8-20-10-17(12-30)13-33-37(20)24)31-14-21(22)26(38)32-15-25(29)28(2,3)39/h4-11,13-14,25,39H,15H2,1-3H3,(H,31,34)(H,32,38)/t25-/m1/s1. The zero-order chi connectivity index (χ0) is 28.4. The van der Waals surface area contributed by atoms with Gasteiger partial charge in [-0.3, -0.25) is 9.78 Å². The predicted molar refractivity (Wildman–Crippen MR) is 144 cm³/mol. The summed E-state index contributed by atoms with van der Waals surface area (Å²) in [6, 6.07) is 16.3. The number of hydrogen-bond acceptors (Lipinski definition) is 9. The highest BCUT2D eigenvalue weighted by Gasteiger charge is 2.27. The number of alkyl halides is 1. The van der Waals surface area contributed by atoms with Gasteiger partial charge < -0.3 is 20.2 Å². The van der Waals surface area contributed by atoms with E-state index in [-0.39, 0.29) is 12.1 Å². The van der Waals surface area contributed by atoms with E-state index >= 15 is 0 Å². The molecule has 11 nitrogen and oxygen atoms in total. The second kappa shape index (κ2) is 10.5. The van der Waals surface area contributed by atoms with Gasteiger partial charge in [-0.15, -0.1) is 10.2 Å². The molecule has 0 aliphatic carbocycles. The van der Waals surface area contributed by atoms with Crippen molar-refractivity contribution in [2.75, 3.05) is 11.9 Å². The van der Waals surface area contributed by atoms with Crippen LogP contribution in [0.1, 0.15) is 35.7 Å². The lowest BCUT2D eigenvalue weighted by atomic mass is 10.0. The highest BCUT2D eigenvalue weighted by atomic mass is 19.1. The number of carbonyl (C=O) groups is 1. The molecule has 0 saturated heterocycles. The number of rotatable bonds is 8. The number of aromatic nitrogens is 5. The van der Waals surface area contributed by atoms with Crippen molar-refractivity contribution in [2.45, 2.75) is 32.5 Å². The van der Waals surface area contributed by atoms with Gasteiger partial charge in [0.2, 0.25) is 11.8 Å². The maximum Gasteiger partial charge on any atom is 0.255 e. The second-order valence-electron chi connectivity index (χ2n) is 9.69. The Hall–Kier alpha value is -5.15. The van der Waals surface area contributed by atoms with Crippen LogP contribution in [0.2, 0.25) is 0 Å². The predicted octanol–water partition coefficient (Wildman–Crippen LogP) is 4.21. The first-order valence-electron chi connectivity index (χ1n) is 12.3. The number of anilines is 2. The number of pyridine rings is 1. The van der Waals surface area contributed by atoms with Gasteiger partial charge in [-0.1, -0.05) is 0 Å². The van der Waals surface area contributed by atoms with E-state index in [0.29, 0.717) is 45.6 Å². The lowest BCUT2D eigenvalue weighted by molar-refractivity contribution is -0.00177. The molecule has 0 aliphatic rings. The fourth-order valence-corrected chi connectivity index (χ4v) is 3.93. The number of aliphatic hydroxyl groups is 1. The van der Waals surface area contributed by atoms with E-state index < -0.39 is 17.7 Å². The Morgan fingerprint density at radius 1 is 1.18 bits per heavy atom. The Kier molecular flexibility index (Phi) is 6.98. The van der Waals surface area contributed by atoms with E-state index in [1.807, 2.05) is 12.1 Å². The molecule has 1 aromatic carbocycles. The van der Waals surface area contributed by atoms with Crippen LogP contribution in [-0.4, -0.2) is 54.1 Å². The van der Waals surface area contributed by atoms with Crippen molar-refractivity contribution in [2.24, 2.45) is 0 Å². The Morgan fingerprint density at radius 2 is 1.95 bits per heavy atom. The first kappa shape index (κ1) is 26.5. The first-order valence-corrected chi connectivity index (χ1v) is 12.3. The molecule has 0 aliphatic heterocycles. The van der Waals surface area contributed by atoms with Gasteiger partial charge in [0.1, 0.15) is 12.2 Å². The van der Waals surface area contributed by atoms with Gasteiger partial charge in [-0.25, -0.2) is 8.91 Å². The SMILES string of the molecule is Cc1nnc(-c2ccc(Nc3cc(-c4ccc5cc(C#N)cnn45)ncc3C(=O)NC[C@@H](F)C(C)(C)O)cc2)o1. The molecule has 0 radical (unpaired) electrons. The average molecular weight is 541 g/mol. The van der Waals surface area contributed by atoms with E-state index in [4.69, 9.17) is 4.42 Å². The molecule has 4 heterocycles. The molecule has 4 aromatic heterocycles. The van der Waals surface area contributed by atoms with Gasteiger partial charge >= 0.3 is 0 Å². The molecular weight excluding hydrogens is 515 g/mol. The van der Waals surface area contributed by atoms with Crippen molar-refractivity contribution in [3.8, 4) is 28.9 Å². The summed E-state index contributed by atoms with van der Waals surface area (Å²) in [7, 11) is 0. The maximum absolute atomic E-state index is 14.3. The highest BCUT2D eigenvalue weighted by molar-refractivity contribution is 6.00. The zero-order valence-electron chi connectivity index (χ0n) is 21.9. The molecule has 202 valence electrons. The van der Waals surface area contributed by atoms with Crippen molar-refractivity contribution in [3.63, 3.8) is 0 Å². The number of halogens is 1. The topological polar surface area (TPSA) is 154 Å². The van der Waals surface area contributed by atoms with Gasteiger partial charge in [0.15, 0.2) is 0 Å². The van der Waals surface area contributed by atoms with Gasteiger partial charge in [-0.05, 0) is 62.4 Å². The molecule has 0 bridgehead atoms. The monoisotopic (exact) mass is 540 g/mol. The Morgan fingerprint density at radius 3 is 2.62 bits per heavy atom. The fraction of sp³-hybridized carbons (Fsp3) is 0.214. The molecule has 0 fully saturated rings. The number of fused-ring (bicyclic) bond motifs is 1. The molecule has 1 atom stereocenters. The van der Waals surface area contributed by atoms with Gasteiger partial charge in [-0.2, -0.15) is 10.4 Å². The van der Waals surface area contributed by atoms with Gasteiger partial charge in [0.05, 0.1) is 52.1 Å². The van der Waals surface area contributed by atoms with E-state index in [1.54, 1.807) is 47.8 Å². The Balaban J connectivity index is 1.49. The minimum atomic E-state index is -1.67. The van der Waals surface area contributed by atoms with Crippen LogP contribution < -0.4 is 10.6 Å². The summed E-state index contributed by atoms with van der Waals surface area (Å²) in [5, 5.41) is 37.1. The van der Waals surface area contributed by atoms with Gasteiger partial charge in [0.25, 0.3) is 5.91 Å². The lowest BCUT2D eigenvalue weighted by Gasteiger charge is -2.22. The number of aryl methyl sites for hydroxylation is 1. The average Bonchev–Trinajstić information content (AvgIpc) is 3.57. The van der Waals surface area contributed by atoms with Gasteiger partial charge in [0, 0.05) is 24.4 Å². The summed E-state index contributed by atoms with van der Waals surface area (Å²) in [5.74, 6) is 0.270. The lowest BCUT2D eigenvalue weighted by Crippen LogP contribution is -2.42. The van der Waals surface area contributed by atoms with E-state index in [2.05, 4.69) is 37.0 Å². The largest absolute Gasteiger partial charge is 0.421 e. The molecule has 5 rings (SSSR count). The van der Waals surface area contributed by atoms with Crippen molar-refractivity contribution >= 4 is 22.8 Å². The molecule has 3 N–H and O–H groups in total. The number of nitriles is 1. The van der Waals surface area contributed by atoms with Crippen molar-refractivity contribution in [1.82, 2.24) is 30.1 Å². The third-order valence-electron chi connectivity index (χ3n) is 6.19. The summed E-state index contributed by atoms with van der Waals surface area (Å²) >= 11 is 0. The van der Waals surface area contributed by atoms with E-state index in [0.717, 1.165) is 5.56 Å². The number of nitrogens with zero attached hydrogens (tertiary/aromatic N) is 6. The third-order valence-corrected chi connectivity index (χ3v) is 6.19. The van der Waals surface area contributed by atoms with Crippen LogP contribution in [0.5, 0.6) is 0 Å². The Labute approximate surface area is 228 Å². The minimum absolute atomic E-state index is 0.170. The quantitative estimate of drug-likeness (QED) is 0.262. The first-order chi connectivity index (χ1) is 19.1. The molecule has 0 saturated carbocycles. The van der Waals surface area contributed by atoms with Crippen molar-refractivity contribution < 1.29 is 18.7 Å². The zero-order valence-corrected chi connectivity index (χ0v) is 21.9. The van der Waals surface area contributed by atoms with Crippen LogP contribution in [0, 0.1) is 18.3 Å². The molecular formula is C28H25FN8O3. The second-order valence-corrected chi connectivity index (χ2v) is 9.69. The van der Waals surface area contributed by atoms with Crippen LogP contribution >= 0.6 is 0 Å². The molecule has 0 unspecified atom stereocenters. The third kappa shape index (κ3) is 5.50. The summed E-state index contributed by atoms with van der Waals surface area (Å²) in [4.78, 5) is 17.6. The maximum atomic E-state index is 14.3. The van der Waals surface area contributed by atoms with E-state index in [9.17, 15) is 19.6 Å². The van der Waals surface area contributed by atoms with Crippen LogP contribution in [0.3, 0.4) is 0 Å². The molecule has 1 amide bonds. The van der Waals surface area contributed by atoms with Crippen molar-refractivity contribution in [3.05, 3.63) is 77.9 Å². The normalized spacial score (nSPS) is 12.2. The van der Waals surface area contributed by atoms with Crippen LogP contribution in [-0.2, 0) is 0 Å². The molecule has 5 aromatic rings. The molecule has 40 heavy (non-hydrogen) atoms. The summed E-state index contributed by atoms with van der Waals surface area (Å²) in [6.07, 6.45) is 1.18.